The Labute approximate surface area is 144 Å². The zero-order chi connectivity index (χ0) is 17.0. The molecular formula is C20H27N3O. The van der Waals surface area contributed by atoms with Crippen LogP contribution in [0.2, 0.25) is 0 Å². The zero-order valence-electron chi connectivity index (χ0n) is 14.4. The summed E-state index contributed by atoms with van der Waals surface area (Å²) < 4.78 is 5.84. The number of nitrogens with zero attached hydrogens (tertiary/aromatic N) is 1. The molecule has 0 aliphatic rings. The van der Waals surface area contributed by atoms with E-state index in [1.807, 2.05) is 30.3 Å². The average Bonchev–Trinajstić information content (AvgIpc) is 2.62. The Hall–Kier alpha value is -2.33. The van der Waals surface area contributed by atoms with E-state index in [0.29, 0.717) is 25.7 Å². The summed E-state index contributed by atoms with van der Waals surface area (Å²) in [6.45, 7) is 4.77. The van der Waals surface area contributed by atoms with E-state index >= 15 is 0 Å². The molecule has 0 saturated carbocycles. The lowest BCUT2D eigenvalue weighted by molar-refractivity contribution is 0.106. The van der Waals surface area contributed by atoms with Crippen LogP contribution < -0.4 is 11.1 Å². The normalized spacial score (nSPS) is 11.5. The minimum absolute atomic E-state index is 0.503. The van der Waals surface area contributed by atoms with Crippen LogP contribution in [-0.4, -0.2) is 12.5 Å². The number of hydrogen-bond donors (Lipinski definition) is 2. The number of unbranched alkanes of at least 4 members (excludes halogenated alkanes) is 1. The number of aliphatic imine (C=N–C) groups is 1. The fourth-order valence-electron chi connectivity index (χ4n) is 2.33. The SMILES string of the molecule is CCCCNC(N)=NCc1ccccc1COCc1ccccc1. The van der Waals surface area contributed by atoms with Gasteiger partial charge in [0.1, 0.15) is 0 Å². The number of hydrogen-bond acceptors (Lipinski definition) is 2. The fourth-order valence-corrected chi connectivity index (χ4v) is 2.33. The summed E-state index contributed by atoms with van der Waals surface area (Å²) in [6, 6.07) is 18.4. The Bertz CT molecular complexity index is 626. The number of nitrogens with two attached hydrogens (primary N) is 1. The highest BCUT2D eigenvalue weighted by Crippen LogP contribution is 2.12. The third-order valence-electron chi connectivity index (χ3n) is 3.74. The van der Waals surface area contributed by atoms with Crippen molar-refractivity contribution in [1.82, 2.24) is 5.32 Å². The highest BCUT2D eigenvalue weighted by molar-refractivity contribution is 5.77. The average molecular weight is 325 g/mol. The summed E-state index contributed by atoms with van der Waals surface area (Å²) in [6.07, 6.45) is 2.24. The lowest BCUT2D eigenvalue weighted by Crippen LogP contribution is -2.32. The van der Waals surface area contributed by atoms with Gasteiger partial charge in [-0.3, -0.25) is 0 Å². The molecule has 3 N–H and O–H groups in total. The summed E-state index contributed by atoms with van der Waals surface area (Å²) in [5.41, 5.74) is 9.37. The predicted octanol–water partition coefficient (Wildman–Crippen LogP) is 3.61. The molecule has 0 heterocycles. The van der Waals surface area contributed by atoms with Gasteiger partial charge in [0, 0.05) is 6.54 Å². The van der Waals surface area contributed by atoms with Crippen LogP contribution in [0.4, 0.5) is 0 Å². The summed E-state index contributed by atoms with van der Waals surface area (Å²) >= 11 is 0. The quantitative estimate of drug-likeness (QED) is 0.421. The Kier molecular flexibility index (Phi) is 7.84. The predicted molar refractivity (Wildman–Crippen MR) is 99.6 cm³/mol. The molecule has 24 heavy (non-hydrogen) atoms. The van der Waals surface area contributed by atoms with Crippen LogP contribution in [0.25, 0.3) is 0 Å². The lowest BCUT2D eigenvalue weighted by Gasteiger charge is -2.10. The topological polar surface area (TPSA) is 59.6 Å². The zero-order valence-corrected chi connectivity index (χ0v) is 14.4. The monoisotopic (exact) mass is 325 g/mol. The van der Waals surface area contributed by atoms with E-state index in [-0.39, 0.29) is 0 Å². The molecule has 128 valence electrons. The second kappa shape index (κ2) is 10.4. The molecule has 0 fully saturated rings. The first kappa shape index (κ1) is 18.0. The van der Waals surface area contributed by atoms with Gasteiger partial charge in [-0.1, -0.05) is 67.9 Å². The molecule has 2 rings (SSSR count). The minimum Gasteiger partial charge on any atom is -0.372 e. The van der Waals surface area contributed by atoms with Crippen LogP contribution in [0.15, 0.2) is 59.6 Å². The van der Waals surface area contributed by atoms with Gasteiger partial charge >= 0.3 is 0 Å². The van der Waals surface area contributed by atoms with Crippen LogP contribution in [0, 0.1) is 0 Å². The Morgan fingerprint density at radius 1 is 1.00 bits per heavy atom. The second-order valence-corrected chi connectivity index (χ2v) is 5.73. The summed E-state index contributed by atoms with van der Waals surface area (Å²) in [4.78, 5) is 4.42. The number of rotatable bonds is 9. The Morgan fingerprint density at radius 2 is 1.71 bits per heavy atom. The summed E-state index contributed by atoms with van der Waals surface area (Å²) in [5, 5.41) is 3.13. The van der Waals surface area contributed by atoms with E-state index in [2.05, 4.69) is 41.5 Å². The van der Waals surface area contributed by atoms with E-state index < -0.39 is 0 Å². The molecule has 0 spiro atoms. The summed E-state index contributed by atoms with van der Waals surface area (Å²) in [5.74, 6) is 0.503. The molecule has 0 bridgehead atoms. The van der Waals surface area contributed by atoms with Crippen molar-refractivity contribution in [3.8, 4) is 0 Å². The number of benzene rings is 2. The smallest absolute Gasteiger partial charge is 0.188 e. The van der Waals surface area contributed by atoms with Gasteiger partial charge in [0.25, 0.3) is 0 Å². The molecule has 0 unspecified atom stereocenters. The van der Waals surface area contributed by atoms with Gasteiger partial charge in [-0.25, -0.2) is 4.99 Å². The summed E-state index contributed by atoms with van der Waals surface area (Å²) in [7, 11) is 0. The van der Waals surface area contributed by atoms with Crippen molar-refractivity contribution >= 4 is 5.96 Å². The van der Waals surface area contributed by atoms with E-state index in [9.17, 15) is 0 Å². The standard InChI is InChI=1S/C20H27N3O/c1-2-3-13-22-20(21)23-14-18-11-7-8-12-19(18)16-24-15-17-9-5-4-6-10-17/h4-12H,2-3,13-16H2,1H3,(H3,21,22,23). The maximum atomic E-state index is 5.90. The molecule has 0 aliphatic carbocycles. The van der Waals surface area contributed by atoms with E-state index in [0.717, 1.165) is 30.5 Å². The van der Waals surface area contributed by atoms with Crippen LogP contribution >= 0.6 is 0 Å². The van der Waals surface area contributed by atoms with E-state index in [4.69, 9.17) is 10.5 Å². The first-order valence-corrected chi connectivity index (χ1v) is 8.52. The van der Waals surface area contributed by atoms with Crippen molar-refractivity contribution in [2.45, 2.75) is 39.5 Å². The van der Waals surface area contributed by atoms with Crippen LogP contribution in [0.5, 0.6) is 0 Å². The van der Waals surface area contributed by atoms with Crippen LogP contribution in [0.1, 0.15) is 36.5 Å². The van der Waals surface area contributed by atoms with Gasteiger partial charge in [0.05, 0.1) is 19.8 Å². The molecule has 2 aromatic carbocycles. The van der Waals surface area contributed by atoms with E-state index in [1.54, 1.807) is 0 Å². The molecular weight excluding hydrogens is 298 g/mol. The van der Waals surface area contributed by atoms with Crippen molar-refractivity contribution in [3.05, 3.63) is 71.3 Å². The third kappa shape index (κ3) is 6.42. The number of nitrogens with one attached hydrogen (secondary N) is 1. The van der Waals surface area contributed by atoms with E-state index in [1.165, 1.54) is 5.56 Å². The molecule has 0 atom stereocenters. The highest BCUT2D eigenvalue weighted by Gasteiger charge is 2.02. The van der Waals surface area contributed by atoms with Gasteiger partial charge in [-0.05, 0) is 23.1 Å². The van der Waals surface area contributed by atoms with Crippen molar-refractivity contribution in [3.63, 3.8) is 0 Å². The molecule has 0 aliphatic heterocycles. The minimum atomic E-state index is 0.503. The van der Waals surface area contributed by atoms with Gasteiger partial charge < -0.3 is 15.8 Å². The molecule has 0 saturated heterocycles. The maximum Gasteiger partial charge on any atom is 0.188 e. The first-order chi connectivity index (χ1) is 11.8. The number of ether oxygens (including phenoxy) is 1. The molecule has 0 amide bonds. The maximum absolute atomic E-state index is 5.90. The molecule has 0 aromatic heterocycles. The highest BCUT2D eigenvalue weighted by atomic mass is 16.5. The van der Waals surface area contributed by atoms with Gasteiger partial charge in [-0.2, -0.15) is 0 Å². The Balaban J connectivity index is 1.86. The van der Waals surface area contributed by atoms with Gasteiger partial charge in [0.15, 0.2) is 5.96 Å². The van der Waals surface area contributed by atoms with Crippen molar-refractivity contribution < 1.29 is 4.74 Å². The second-order valence-electron chi connectivity index (χ2n) is 5.73. The van der Waals surface area contributed by atoms with Gasteiger partial charge in [0.2, 0.25) is 0 Å². The largest absolute Gasteiger partial charge is 0.372 e. The van der Waals surface area contributed by atoms with Crippen molar-refractivity contribution in [2.24, 2.45) is 10.7 Å². The molecule has 2 aromatic rings. The van der Waals surface area contributed by atoms with Gasteiger partial charge in [-0.15, -0.1) is 0 Å². The molecule has 4 nitrogen and oxygen atoms in total. The fraction of sp³-hybridized carbons (Fsp3) is 0.350. The van der Waals surface area contributed by atoms with Crippen LogP contribution in [-0.2, 0) is 24.5 Å². The lowest BCUT2D eigenvalue weighted by atomic mass is 10.1. The first-order valence-electron chi connectivity index (χ1n) is 8.52. The Morgan fingerprint density at radius 3 is 2.46 bits per heavy atom. The van der Waals surface area contributed by atoms with Crippen molar-refractivity contribution in [2.75, 3.05) is 6.54 Å². The molecule has 0 radical (unpaired) electrons. The molecule has 4 heteroatoms. The third-order valence-corrected chi connectivity index (χ3v) is 3.74. The number of guanidine groups is 1. The van der Waals surface area contributed by atoms with Crippen LogP contribution in [0.3, 0.4) is 0 Å². The van der Waals surface area contributed by atoms with Crippen molar-refractivity contribution in [1.29, 1.82) is 0 Å².